The van der Waals surface area contributed by atoms with Gasteiger partial charge in [-0.25, -0.2) is 4.39 Å². The van der Waals surface area contributed by atoms with Crippen LogP contribution in [0.1, 0.15) is 43.7 Å². The van der Waals surface area contributed by atoms with Gasteiger partial charge in [-0.1, -0.05) is 99.0 Å². The molecule has 0 aliphatic heterocycles. The lowest BCUT2D eigenvalue weighted by Gasteiger charge is -2.10. The van der Waals surface area contributed by atoms with E-state index in [0.717, 1.165) is 28.5 Å². The van der Waals surface area contributed by atoms with Gasteiger partial charge in [-0.05, 0) is 52.1 Å². The summed E-state index contributed by atoms with van der Waals surface area (Å²) >= 11 is 0. The van der Waals surface area contributed by atoms with Crippen LogP contribution < -0.4 is 5.73 Å². The van der Waals surface area contributed by atoms with Gasteiger partial charge in [0.15, 0.2) is 0 Å². The highest BCUT2D eigenvalue weighted by Crippen LogP contribution is 2.32. The zero-order chi connectivity index (χ0) is 21.6. The van der Waals surface area contributed by atoms with Gasteiger partial charge in [0.1, 0.15) is 5.82 Å². The Hall–Kier alpha value is -2.97. The van der Waals surface area contributed by atoms with E-state index < -0.39 is 0 Å². The number of fused-ring (bicyclic) bond motifs is 1. The Kier molecular flexibility index (Phi) is 6.79. The Morgan fingerprint density at radius 2 is 1.35 bits per heavy atom. The summed E-state index contributed by atoms with van der Waals surface area (Å²) < 4.78 is 15.3. The Morgan fingerprint density at radius 3 is 2.06 bits per heavy atom. The summed E-state index contributed by atoms with van der Waals surface area (Å²) in [7, 11) is 0. The summed E-state index contributed by atoms with van der Waals surface area (Å²) in [5, 5.41) is 1.57. The lowest BCUT2D eigenvalue weighted by atomic mass is 9.96. The van der Waals surface area contributed by atoms with Crippen molar-refractivity contribution in [1.29, 1.82) is 0 Å². The van der Waals surface area contributed by atoms with Crippen molar-refractivity contribution in [3.63, 3.8) is 0 Å². The number of hydrogen-bond acceptors (Lipinski definition) is 1. The average molecular weight is 412 g/mol. The van der Waals surface area contributed by atoms with Crippen LogP contribution in [-0.4, -0.2) is 0 Å². The number of aryl methyl sites for hydroxylation is 1. The van der Waals surface area contributed by atoms with Crippen LogP contribution in [0.2, 0.25) is 0 Å². The molecular weight excluding hydrogens is 381 g/mol. The van der Waals surface area contributed by atoms with Crippen molar-refractivity contribution in [2.75, 3.05) is 0 Å². The quantitative estimate of drug-likeness (QED) is 0.293. The predicted molar refractivity (Wildman–Crippen MR) is 131 cm³/mol. The van der Waals surface area contributed by atoms with E-state index >= 15 is 4.39 Å². The second-order valence-electron chi connectivity index (χ2n) is 8.27. The van der Waals surface area contributed by atoms with Crippen LogP contribution in [0, 0.1) is 5.82 Å². The molecule has 0 radical (unpaired) electrons. The van der Waals surface area contributed by atoms with Gasteiger partial charge in [0, 0.05) is 17.5 Å². The number of benzene rings is 4. The standard InChI is InChI=1S/C29H30FN/c1-2-3-4-5-6-21-7-11-23(12-8-21)25-15-17-28-26(19-25)16-18-27(29(28)30)24-13-9-22(20-31)10-14-24/h7-19H,2-6,20,31H2,1H3. The number of rotatable bonds is 8. The zero-order valence-electron chi connectivity index (χ0n) is 18.2. The maximum atomic E-state index is 15.3. The summed E-state index contributed by atoms with van der Waals surface area (Å²) in [6.07, 6.45) is 6.27. The molecule has 4 aromatic carbocycles. The Balaban J connectivity index is 1.57. The third-order valence-electron chi connectivity index (χ3n) is 6.06. The smallest absolute Gasteiger partial charge is 0.138 e. The molecule has 0 saturated carbocycles. The maximum Gasteiger partial charge on any atom is 0.138 e. The third kappa shape index (κ3) is 4.86. The molecule has 0 aromatic heterocycles. The van der Waals surface area contributed by atoms with E-state index in [0.29, 0.717) is 17.5 Å². The first kappa shape index (κ1) is 21.3. The molecule has 2 N–H and O–H groups in total. The van der Waals surface area contributed by atoms with Crippen molar-refractivity contribution in [1.82, 2.24) is 0 Å². The molecule has 0 unspecified atom stereocenters. The zero-order valence-corrected chi connectivity index (χ0v) is 18.2. The van der Waals surface area contributed by atoms with Crippen LogP contribution >= 0.6 is 0 Å². The number of halogens is 1. The normalized spacial score (nSPS) is 11.2. The van der Waals surface area contributed by atoms with E-state index in [-0.39, 0.29) is 5.82 Å². The largest absolute Gasteiger partial charge is 0.326 e. The van der Waals surface area contributed by atoms with E-state index in [4.69, 9.17) is 5.73 Å². The molecule has 4 aromatic rings. The highest BCUT2D eigenvalue weighted by atomic mass is 19.1. The summed E-state index contributed by atoms with van der Waals surface area (Å²) in [6.45, 7) is 2.73. The van der Waals surface area contributed by atoms with Gasteiger partial charge < -0.3 is 5.73 Å². The van der Waals surface area contributed by atoms with Crippen LogP contribution in [0.15, 0.2) is 78.9 Å². The minimum atomic E-state index is -0.174. The molecule has 31 heavy (non-hydrogen) atoms. The lowest BCUT2D eigenvalue weighted by molar-refractivity contribution is 0.643. The third-order valence-corrected chi connectivity index (χ3v) is 6.06. The maximum absolute atomic E-state index is 15.3. The highest BCUT2D eigenvalue weighted by Gasteiger charge is 2.10. The van der Waals surface area contributed by atoms with Gasteiger partial charge in [0.25, 0.3) is 0 Å². The van der Waals surface area contributed by atoms with Crippen LogP contribution in [-0.2, 0) is 13.0 Å². The molecule has 0 amide bonds. The highest BCUT2D eigenvalue weighted by molar-refractivity contribution is 5.91. The van der Waals surface area contributed by atoms with E-state index in [1.54, 1.807) is 0 Å². The van der Waals surface area contributed by atoms with Crippen molar-refractivity contribution >= 4 is 10.8 Å². The molecule has 158 valence electrons. The summed E-state index contributed by atoms with van der Waals surface area (Å²) in [5.74, 6) is -0.174. The van der Waals surface area contributed by atoms with Crippen molar-refractivity contribution in [2.45, 2.75) is 45.6 Å². The topological polar surface area (TPSA) is 26.0 Å². The van der Waals surface area contributed by atoms with Crippen molar-refractivity contribution < 1.29 is 4.39 Å². The van der Waals surface area contributed by atoms with Gasteiger partial charge in [0.05, 0.1) is 0 Å². The van der Waals surface area contributed by atoms with Crippen LogP contribution in [0.5, 0.6) is 0 Å². The second-order valence-corrected chi connectivity index (χ2v) is 8.27. The van der Waals surface area contributed by atoms with E-state index in [1.807, 2.05) is 48.5 Å². The minimum absolute atomic E-state index is 0.174. The SMILES string of the molecule is CCCCCCc1ccc(-c2ccc3c(F)c(-c4ccc(CN)cc4)ccc3c2)cc1. The van der Waals surface area contributed by atoms with Crippen molar-refractivity contribution in [2.24, 2.45) is 5.73 Å². The molecule has 2 heteroatoms. The fraction of sp³-hybridized carbons (Fsp3) is 0.241. The van der Waals surface area contributed by atoms with Crippen LogP contribution in [0.3, 0.4) is 0 Å². The monoisotopic (exact) mass is 411 g/mol. The molecule has 0 saturated heterocycles. The second kappa shape index (κ2) is 9.89. The number of unbranched alkanes of at least 4 members (excludes halogenated alkanes) is 3. The summed E-state index contributed by atoms with van der Waals surface area (Å²) in [5.41, 5.74) is 11.9. The van der Waals surface area contributed by atoms with Gasteiger partial charge in [-0.2, -0.15) is 0 Å². The van der Waals surface area contributed by atoms with E-state index in [9.17, 15) is 0 Å². The molecule has 4 rings (SSSR count). The van der Waals surface area contributed by atoms with Gasteiger partial charge >= 0.3 is 0 Å². The van der Waals surface area contributed by atoms with Crippen LogP contribution in [0.4, 0.5) is 4.39 Å². The van der Waals surface area contributed by atoms with Crippen LogP contribution in [0.25, 0.3) is 33.0 Å². The minimum Gasteiger partial charge on any atom is -0.326 e. The first-order valence-corrected chi connectivity index (χ1v) is 11.3. The molecule has 0 aliphatic rings. The number of hydrogen-bond donors (Lipinski definition) is 1. The van der Waals surface area contributed by atoms with E-state index in [2.05, 4.69) is 37.3 Å². The van der Waals surface area contributed by atoms with Gasteiger partial charge in [-0.15, -0.1) is 0 Å². The molecule has 1 nitrogen and oxygen atoms in total. The van der Waals surface area contributed by atoms with Crippen molar-refractivity contribution in [3.8, 4) is 22.3 Å². The van der Waals surface area contributed by atoms with E-state index in [1.165, 1.54) is 36.8 Å². The first-order valence-electron chi connectivity index (χ1n) is 11.3. The fourth-order valence-electron chi connectivity index (χ4n) is 4.13. The fourth-order valence-corrected chi connectivity index (χ4v) is 4.13. The van der Waals surface area contributed by atoms with Gasteiger partial charge in [-0.3, -0.25) is 0 Å². The average Bonchev–Trinajstić information content (AvgIpc) is 2.82. The molecule has 0 bridgehead atoms. The first-order chi connectivity index (χ1) is 15.2. The predicted octanol–water partition coefficient (Wildman–Crippen LogP) is 7.89. The summed E-state index contributed by atoms with van der Waals surface area (Å²) in [4.78, 5) is 0. The molecular formula is C29H30FN. The lowest BCUT2D eigenvalue weighted by Crippen LogP contribution is -1.95. The molecule has 0 spiro atoms. The van der Waals surface area contributed by atoms with Gasteiger partial charge in [0.2, 0.25) is 0 Å². The van der Waals surface area contributed by atoms with Crippen molar-refractivity contribution in [3.05, 3.63) is 95.8 Å². The Morgan fingerprint density at radius 1 is 0.677 bits per heavy atom. The molecule has 0 heterocycles. The summed E-state index contributed by atoms with van der Waals surface area (Å²) in [6, 6.07) is 26.5. The number of nitrogens with two attached hydrogens (primary N) is 1. The Bertz CT molecular complexity index is 1140. The molecule has 0 aliphatic carbocycles. The molecule has 0 atom stereocenters. The molecule has 0 fully saturated rings. The Labute approximate surface area is 184 Å².